The van der Waals surface area contributed by atoms with Crippen LogP contribution in [0.3, 0.4) is 0 Å². The summed E-state index contributed by atoms with van der Waals surface area (Å²) in [6.07, 6.45) is -0.0949. The maximum absolute atomic E-state index is 11.5. The average Bonchev–Trinajstić information content (AvgIpc) is 2.15. The summed E-state index contributed by atoms with van der Waals surface area (Å²) >= 11 is 0. The highest BCUT2D eigenvalue weighted by Gasteiger charge is 2.36. The Hall–Kier alpha value is -1.08. The highest BCUT2D eigenvalue weighted by Crippen LogP contribution is 2.34. The summed E-state index contributed by atoms with van der Waals surface area (Å²) in [7, 11) is 0. The molecule has 4 heteroatoms. The number of esters is 1. The molecule has 1 atom stereocenters. The molecule has 0 aromatic carbocycles. The topological polar surface area (TPSA) is 59.3 Å². The number of nitrogens with zero attached hydrogens (tertiary/aromatic N) is 1. The van der Waals surface area contributed by atoms with Gasteiger partial charge >= 0.3 is 5.97 Å². The summed E-state index contributed by atoms with van der Waals surface area (Å²) in [5, 5.41) is 8.80. The van der Waals surface area contributed by atoms with Crippen LogP contribution in [0.1, 0.15) is 54.4 Å². The highest BCUT2D eigenvalue weighted by atomic mass is 16.5. The van der Waals surface area contributed by atoms with Crippen molar-refractivity contribution in [2.24, 2.45) is 5.41 Å². The SMILES string of the molecule is CCOC(=O)C[C@@H](CC#N)OC(C)(C)C(C)(C)C. The van der Waals surface area contributed by atoms with Gasteiger partial charge in [-0.05, 0) is 26.2 Å². The monoisotopic (exact) mass is 255 g/mol. The van der Waals surface area contributed by atoms with Gasteiger partial charge in [-0.3, -0.25) is 4.79 Å². The van der Waals surface area contributed by atoms with Crippen molar-refractivity contribution in [2.75, 3.05) is 6.61 Å². The molecule has 0 unspecified atom stereocenters. The number of carbonyl (C=O) groups excluding carboxylic acids is 1. The predicted molar refractivity (Wildman–Crippen MR) is 69.9 cm³/mol. The molecule has 0 heterocycles. The summed E-state index contributed by atoms with van der Waals surface area (Å²) in [6.45, 7) is 12.3. The molecule has 104 valence electrons. The van der Waals surface area contributed by atoms with Crippen LogP contribution >= 0.6 is 0 Å². The second-order valence-electron chi connectivity index (χ2n) is 5.87. The van der Waals surface area contributed by atoms with Crippen LogP contribution < -0.4 is 0 Å². The highest BCUT2D eigenvalue weighted by molar-refractivity contribution is 5.69. The zero-order valence-electron chi connectivity index (χ0n) is 12.4. The zero-order valence-corrected chi connectivity index (χ0v) is 12.4. The molecule has 0 aromatic rings. The summed E-state index contributed by atoms with van der Waals surface area (Å²) in [4.78, 5) is 11.5. The van der Waals surface area contributed by atoms with Crippen LogP contribution in [0.4, 0.5) is 0 Å². The minimum Gasteiger partial charge on any atom is -0.466 e. The summed E-state index contributed by atoms with van der Waals surface area (Å²) in [5.41, 5.74) is -0.490. The fourth-order valence-electron chi connectivity index (χ4n) is 1.26. The summed E-state index contributed by atoms with van der Waals surface area (Å²) in [6, 6.07) is 2.06. The van der Waals surface area contributed by atoms with Gasteiger partial charge in [0.1, 0.15) is 0 Å². The Morgan fingerprint density at radius 1 is 1.28 bits per heavy atom. The van der Waals surface area contributed by atoms with E-state index in [9.17, 15) is 4.79 Å². The molecule has 0 aliphatic heterocycles. The Morgan fingerprint density at radius 2 is 1.83 bits per heavy atom. The van der Waals surface area contributed by atoms with Gasteiger partial charge in [-0.25, -0.2) is 0 Å². The van der Waals surface area contributed by atoms with E-state index in [4.69, 9.17) is 14.7 Å². The normalized spacial score (nSPS) is 13.8. The van der Waals surface area contributed by atoms with Crippen molar-refractivity contribution < 1.29 is 14.3 Å². The largest absolute Gasteiger partial charge is 0.466 e. The van der Waals surface area contributed by atoms with Gasteiger partial charge in [0.2, 0.25) is 0 Å². The molecule has 0 aliphatic rings. The Kier molecular flexibility index (Phi) is 6.34. The third-order valence-corrected chi connectivity index (χ3v) is 3.29. The van der Waals surface area contributed by atoms with E-state index < -0.39 is 11.7 Å². The standard InChI is InChI=1S/C14H25NO3/c1-7-17-12(16)10-11(8-9-15)18-14(5,6)13(2,3)4/h11H,7-8,10H2,1-6H3/t11-/m1/s1. The number of rotatable bonds is 6. The zero-order chi connectivity index (χ0) is 14.4. The first-order valence-corrected chi connectivity index (χ1v) is 6.34. The minimum absolute atomic E-state index is 0.0740. The van der Waals surface area contributed by atoms with Crippen molar-refractivity contribution in [2.45, 2.75) is 66.1 Å². The van der Waals surface area contributed by atoms with Crippen molar-refractivity contribution in [3.63, 3.8) is 0 Å². The van der Waals surface area contributed by atoms with Gasteiger partial charge in [-0.1, -0.05) is 20.8 Å². The first kappa shape index (κ1) is 16.9. The molecule has 0 amide bonds. The lowest BCUT2D eigenvalue weighted by atomic mass is 9.79. The molecule has 4 nitrogen and oxygen atoms in total. The van der Waals surface area contributed by atoms with Gasteiger partial charge < -0.3 is 9.47 Å². The smallest absolute Gasteiger partial charge is 0.308 e. The summed E-state index contributed by atoms with van der Waals surface area (Å²) in [5.74, 6) is -0.317. The van der Waals surface area contributed by atoms with Gasteiger partial charge in [0.05, 0.1) is 37.2 Å². The lowest BCUT2D eigenvalue weighted by molar-refractivity contribution is -0.158. The van der Waals surface area contributed by atoms with E-state index in [1.54, 1.807) is 6.92 Å². The van der Waals surface area contributed by atoms with Crippen LogP contribution in [-0.2, 0) is 14.3 Å². The number of ether oxygens (including phenoxy) is 2. The van der Waals surface area contributed by atoms with Gasteiger partial charge in [-0.2, -0.15) is 5.26 Å². The average molecular weight is 255 g/mol. The van der Waals surface area contributed by atoms with E-state index in [0.717, 1.165) is 0 Å². The van der Waals surface area contributed by atoms with Crippen LogP contribution in [0.5, 0.6) is 0 Å². The minimum atomic E-state index is -0.416. The second kappa shape index (κ2) is 6.75. The molecular weight excluding hydrogens is 230 g/mol. The van der Waals surface area contributed by atoms with Crippen LogP contribution in [0, 0.1) is 16.7 Å². The molecule has 0 N–H and O–H groups in total. The van der Waals surface area contributed by atoms with E-state index in [-0.39, 0.29) is 24.2 Å². The van der Waals surface area contributed by atoms with E-state index >= 15 is 0 Å². The first-order valence-electron chi connectivity index (χ1n) is 6.34. The van der Waals surface area contributed by atoms with Gasteiger partial charge in [0, 0.05) is 0 Å². The van der Waals surface area contributed by atoms with Crippen LogP contribution in [0.15, 0.2) is 0 Å². The Morgan fingerprint density at radius 3 is 2.22 bits per heavy atom. The summed E-state index contributed by atoms with van der Waals surface area (Å²) < 4.78 is 10.8. The lowest BCUT2D eigenvalue weighted by Gasteiger charge is -2.40. The van der Waals surface area contributed by atoms with Crippen molar-refractivity contribution >= 4 is 5.97 Å². The molecule has 0 saturated heterocycles. The fourth-order valence-corrected chi connectivity index (χ4v) is 1.26. The second-order valence-corrected chi connectivity index (χ2v) is 5.87. The van der Waals surface area contributed by atoms with Gasteiger partial charge in [0.25, 0.3) is 0 Å². The maximum Gasteiger partial charge on any atom is 0.308 e. The van der Waals surface area contributed by atoms with Crippen LogP contribution in [0.2, 0.25) is 0 Å². The predicted octanol–water partition coefficient (Wildman–Crippen LogP) is 3.06. The molecule has 0 fully saturated rings. The molecular formula is C14H25NO3. The van der Waals surface area contributed by atoms with Gasteiger partial charge in [0.15, 0.2) is 0 Å². The molecule has 0 radical (unpaired) electrons. The number of carbonyl (C=O) groups is 1. The fraction of sp³-hybridized carbons (Fsp3) is 0.857. The number of nitriles is 1. The molecule has 0 saturated carbocycles. The molecule has 18 heavy (non-hydrogen) atoms. The number of hydrogen-bond donors (Lipinski definition) is 0. The Balaban J connectivity index is 4.64. The quantitative estimate of drug-likeness (QED) is 0.684. The Labute approximate surface area is 110 Å². The number of hydrogen-bond acceptors (Lipinski definition) is 4. The van der Waals surface area contributed by atoms with Crippen LogP contribution in [0.25, 0.3) is 0 Å². The molecule has 0 spiro atoms. The first-order chi connectivity index (χ1) is 8.14. The van der Waals surface area contributed by atoms with Crippen LogP contribution in [-0.4, -0.2) is 24.3 Å². The Bertz CT molecular complexity index is 310. The molecule has 0 rings (SSSR count). The van der Waals surface area contributed by atoms with Crippen molar-refractivity contribution in [1.82, 2.24) is 0 Å². The molecule has 0 aromatic heterocycles. The third kappa shape index (κ3) is 5.50. The van der Waals surface area contributed by atoms with E-state index in [2.05, 4.69) is 26.8 Å². The third-order valence-electron chi connectivity index (χ3n) is 3.29. The van der Waals surface area contributed by atoms with E-state index in [0.29, 0.717) is 6.61 Å². The van der Waals surface area contributed by atoms with Gasteiger partial charge in [-0.15, -0.1) is 0 Å². The lowest BCUT2D eigenvalue weighted by Crippen LogP contribution is -2.43. The maximum atomic E-state index is 11.5. The van der Waals surface area contributed by atoms with E-state index in [1.165, 1.54) is 0 Å². The van der Waals surface area contributed by atoms with Crippen molar-refractivity contribution in [3.05, 3.63) is 0 Å². The molecule has 0 bridgehead atoms. The van der Waals surface area contributed by atoms with Crippen molar-refractivity contribution in [1.29, 1.82) is 5.26 Å². The molecule has 0 aliphatic carbocycles. The van der Waals surface area contributed by atoms with E-state index in [1.807, 2.05) is 13.8 Å². The van der Waals surface area contributed by atoms with Crippen molar-refractivity contribution in [3.8, 4) is 6.07 Å².